The summed E-state index contributed by atoms with van der Waals surface area (Å²) in [4.78, 5) is 1.48. The van der Waals surface area contributed by atoms with Crippen molar-refractivity contribution in [1.82, 2.24) is 5.32 Å². The van der Waals surface area contributed by atoms with Gasteiger partial charge in [0.2, 0.25) is 0 Å². The van der Waals surface area contributed by atoms with Gasteiger partial charge in [0.1, 0.15) is 0 Å². The van der Waals surface area contributed by atoms with E-state index in [0.717, 1.165) is 18.4 Å². The van der Waals surface area contributed by atoms with Crippen molar-refractivity contribution in [3.63, 3.8) is 0 Å². The van der Waals surface area contributed by atoms with Crippen molar-refractivity contribution < 1.29 is 4.74 Å². The monoisotopic (exact) mass is 279 g/mol. The molecule has 1 aliphatic rings. The quantitative estimate of drug-likeness (QED) is 0.787. The molecule has 19 heavy (non-hydrogen) atoms. The SMILES string of the molecule is CCCNC(CCC1Cc2ccccc2S1)COC. The summed E-state index contributed by atoms with van der Waals surface area (Å²) in [6.07, 6.45) is 4.89. The van der Waals surface area contributed by atoms with Gasteiger partial charge in [-0.2, -0.15) is 0 Å². The van der Waals surface area contributed by atoms with Gasteiger partial charge in [-0.1, -0.05) is 25.1 Å². The summed E-state index contributed by atoms with van der Waals surface area (Å²) >= 11 is 2.05. The molecule has 0 spiro atoms. The van der Waals surface area contributed by atoms with Gasteiger partial charge in [0, 0.05) is 23.3 Å². The number of benzene rings is 1. The van der Waals surface area contributed by atoms with Gasteiger partial charge in [0.05, 0.1) is 6.61 Å². The van der Waals surface area contributed by atoms with E-state index in [2.05, 4.69) is 48.3 Å². The maximum absolute atomic E-state index is 5.31. The lowest BCUT2D eigenvalue weighted by atomic mass is 10.0. The highest BCUT2D eigenvalue weighted by atomic mass is 32.2. The van der Waals surface area contributed by atoms with Crippen LogP contribution in [0.2, 0.25) is 0 Å². The Morgan fingerprint density at radius 3 is 3.00 bits per heavy atom. The van der Waals surface area contributed by atoms with Gasteiger partial charge in [-0.25, -0.2) is 0 Å². The summed E-state index contributed by atoms with van der Waals surface area (Å²) < 4.78 is 5.31. The maximum Gasteiger partial charge on any atom is 0.0615 e. The molecule has 1 heterocycles. The number of hydrogen-bond donors (Lipinski definition) is 1. The van der Waals surface area contributed by atoms with Gasteiger partial charge in [0.25, 0.3) is 0 Å². The van der Waals surface area contributed by atoms with Gasteiger partial charge < -0.3 is 10.1 Å². The molecule has 0 fully saturated rings. The van der Waals surface area contributed by atoms with Crippen molar-refractivity contribution in [2.75, 3.05) is 20.3 Å². The average molecular weight is 279 g/mol. The molecule has 0 saturated carbocycles. The van der Waals surface area contributed by atoms with Gasteiger partial charge >= 0.3 is 0 Å². The summed E-state index contributed by atoms with van der Waals surface area (Å²) in [6, 6.07) is 9.32. The Hall–Kier alpha value is -0.510. The largest absolute Gasteiger partial charge is 0.383 e. The second kappa shape index (κ2) is 7.93. The molecule has 0 aromatic heterocycles. The van der Waals surface area contributed by atoms with Crippen LogP contribution in [-0.4, -0.2) is 31.6 Å². The van der Waals surface area contributed by atoms with E-state index in [1.807, 2.05) is 0 Å². The minimum Gasteiger partial charge on any atom is -0.383 e. The molecule has 1 aromatic carbocycles. The number of fused-ring (bicyclic) bond motifs is 1. The summed E-state index contributed by atoms with van der Waals surface area (Å²) in [5.41, 5.74) is 1.53. The summed E-state index contributed by atoms with van der Waals surface area (Å²) in [5.74, 6) is 0. The first-order valence-corrected chi connectivity index (χ1v) is 8.18. The van der Waals surface area contributed by atoms with Crippen molar-refractivity contribution in [1.29, 1.82) is 0 Å². The number of thioether (sulfide) groups is 1. The van der Waals surface area contributed by atoms with Crippen molar-refractivity contribution in [2.24, 2.45) is 0 Å². The van der Waals surface area contributed by atoms with Crippen molar-refractivity contribution >= 4 is 11.8 Å². The van der Waals surface area contributed by atoms with E-state index in [0.29, 0.717) is 6.04 Å². The van der Waals surface area contributed by atoms with E-state index >= 15 is 0 Å². The minimum absolute atomic E-state index is 0.509. The summed E-state index contributed by atoms with van der Waals surface area (Å²) in [6.45, 7) is 4.12. The second-order valence-corrected chi connectivity index (χ2v) is 6.58. The number of ether oxygens (including phenoxy) is 1. The van der Waals surface area contributed by atoms with Crippen LogP contribution in [0.3, 0.4) is 0 Å². The number of methoxy groups -OCH3 is 1. The van der Waals surface area contributed by atoms with Crippen LogP contribution < -0.4 is 5.32 Å². The predicted octanol–water partition coefficient (Wildman–Crippen LogP) is 3.50. The Morgan fingerprint density at radius 2 is 2.26 bits per heavy atom. The first-order valence-electron chi connectivity index (χ1n) is 7.30. The molecule has 0 saturated heterocycles. The molecular weight excluding hydrogens is 254 g/mol. The first kappa shape index (κ1) is 14.9. The molecule has 1 aromatic rings. The first-order chi connectivity index (χ1) is 9.33. The fourth-order valence-corrected chi connectivity index (χ4v) is 3.93. The number of hydrogen-bond acceptors (Lipinski definition) is 3. The van der Waals surface area contributed by atoms with E-state index in [9.17, 15) is 0 Å². The third-order valence-electron chi connectivity index (χ3n) is 3.60. The molecule has 0 aliphatic carbocycles. The topological polar surface area (TPSA) is 21.3 Å². The van der Waals surface area contributed by atoms with Crippen LogP contribution in [0.1, 0.15) is 31.7 Å². The molecule has 2 atom stereocenters. The Kier molecular flexibility index (Phi) is 6.21. The van der Waals surface area contributed by atoms with Crippen LogP contribution in [0.25, 0.3) is 0 Å². The van der Waals surface area contributed by atoms with E-state index in [1.165, 1.54) is 36.1 Å². The molecule has 1 aliphatic heterocycles. The molecule has 1 N–H and O–H groups in total. The van der Waals surface area contributed by atoms with Crippen LogP contribution >= 0.6 is 11.8 Å². The van der Waals surface area contributed by atoms with Crippen LogP contribution in [0, 0.1) is 0 Å². The van der Waals surface area contributed by atoms with Gasteiger partial charge in [-0.05, 0) is 43.9 Å². The van der Waals surface area contributed by atoms with Crippen LogP contribution in [-0.2, 0) is 11.2 Å². The van der Waals surface area contributed by atoms with Crippen molar-refractivity contribution in [3.05, 3.63) is 29.8 Å². The van der Waals surface area contributed by atoms with Gasteiger partial charge in [-0.3, -0.25) is 0 Å². The zero-order valence-corrected chi connectivity index (χ0v) is 12.8. The zero-order valence-electron chi connectivity index (χ0n) is 12.0. The highest BCUT2D eigenvalue weighted by Gasteiger charge is 2.22. The lowest BCUT2D eigenvalue weighted by Crippen LogP contribution is -2.34. The van der Waals surface area contributed by atoms with Crippen LogP contribution in [0.5, 0.6) is 0 Å². The van der Waals surface area contributed by atoms with E-state index in [1.54, 1.807) is 7.11 Å². The third-order valence-corrected chi connectivity index (χ3v) is 4.99. The molecule has 2 unspecified atom stereocenters. The number of rotatable bonds is 8. The summed E-state index contributed by atoms with van der Waals surface area (Å²) in [5, 5.41) is 4.33. The zero-order chi connectivity index (χ0) is 13.5. The Labute approximate surface area is 121 Å². The highest BCUT2D eigenvalue weighted by Crippen LogP contribution is 2.38. The number of nitrogens with one attached hydrogen (secondary N) is 1. The lowest BCUT2D eigenvalue weighted by molar-refractivity contribution is 0.161. The molecule has 0 radical (unpaired) electrons. The molecule has 0 bridgehead atoms. The van der Waals surface area contributed by atoms with E-state index in [-0.39, 0.29) is 0 Å². The Morgan fingerprint density at radius 1 is 1.42 bits per heavy atom. The van der Waals surface area contributed by atoms with E-state index < -0.39 is 0 Å². The highest BCUT2D eigenvalue weighted by molar-refractivity contribution is 8.00. The van der Waals surface area contributed by atoms with E-state index in [4.69, 9.17) is 4.74 Å². The van der Waals surface area contributed by atoms with Crippen molar-refractivity contribution in [2.45, 2.75) is 48.8 Å². The molecular formula is C16H25NOS. The standard InChI is InChI=1S/C16H25NOS/c1-3-10-17-14(12-18-2)8-9-15-11-13-6-4-5-7-16(13)19-15/h4-7,14-15,17H,3,8-12H2,1-2H3. The predicted molar refractivity (Wildman–Crippen MR) is 83.0 cm³/mol. The third kappa shape index (κ3) is 4.51. The maximum atomic E-state index is 5.31. The summed E-state index contributed by atoms with van der Waals surface area (Å²) in [7, 11) is 1.79. The molecule has 3 heteroatoms. The van der Waals surface area contributed by atoms with Crippen molar-refractivity contribution in [3.8, 4) is 0 Å². The normalized spacial score (nSPS) is 19.4. The fourth-order valence-electron chi connectivity index (χ4n) is 2.60. The Balaban J connectivity index is 1.76. The van der Waals surface area contributed by atoms with Gasteiger partial charge in [-0.15, -0.1) is 11.8 Å². The van der Waals surface area contributed by atoms with Crippen LogP contribution in [0.15, 0.2) is 29.2 Å². The molecule has 2 rings (SSSR count). The smallest absolute Gasteiger partial charge is 0.0615 e. The average Bonchev–Trinajstić information content (AvgIpc) is 2.84. The molecule has 106 valence electrons. The molecule has 0 amide bonds. The minimum atomic E-state index is 0.509. The Bertz CT molecular complexity index is 358. The fraction of sp³-hybridized carbons (Fsp3) is 0.625. The lowest BCUT2D eigenvalue weighted by Gasteiger charge is -2.19. The molecule has 2 nitrogen and oxygen atoms in total. The van der Waals surface area contributed by atoms with Gasteiger partial charge in [0.15, 0.2) is 0 Å². The second-order valence-electron chi connectivity index (χ2n) is 5.24. The van der Waals surface area contributed by atoms with Crippen LogP contribution in [0.4, 0.5) is 0 Å².